The van der Waals surface area contributed by atoms with Gasteiger partial charge in [0.05, 0.1) is 13.2 Å². The number of hydrogen-bond donors (Lipinski definition) is 2. The van der Waals surface area contributed by atoms with Gasteiger partial charge in [-0.05, 0) is 23.5 Å². The first kappa shape index (κ1) is 26.0. The number of aliphatic hydroxyl groups is 1. The summed E-state index contributed by atoms with van der Waals surface area (Å²) in [6.07, 6.45) is -0.242. The van der Waals surface area contributed by atoms with Crippen LogP contribution in [0.2, 0.25) is 0 Å². The molecule has 8 heteroatoms. The largest absolute Gasteiger partial charge is 0.444 e. The molecule has 2 aromatic carbocycles. The summed E-state index contributed by atoms with van der Waals surface area (Å²) in [5.41, 5.74) is 1.69. The van der Waals surface area contributed by atoms with E-state index >= 15 is 0 Å². The van der Waals surface area contributed by atoms with Gasteiger partial charge in [0.15, 0.2) is 5.78 Å². The molecule has 0 saturated heterocycles. The molecule has 0 aliphatic rings. The van der Waals surface area contributed by atoms with Crippen LogP contribution in [-0.4, -0.2) is 53.7 Å². The molecule has 0 heterocycles. The molecule has 2 rings (SSSR count). The fourth-order valence-corrected chi connectivity index (χ4v) is 2.88. The van der Waals surface area contributed by atoms with E-state index in [0.29, 0.717) is 6.42 Å². The number of carbonyl (C=O) groups is 3. The van der Waals surface area contributed by atoms with Crippen LogP contribution in [0.5, 0.6) is 0 Å². The van der Waals surface area contributed by atoms with Gasteiger partial charge in [0, 0.05) is 6.54 Å². The summed E-state index contributed by atoms with van der Waals surface area (Å²) in [5, 5.41) is 11.8. The van der Waals surface area contributed by atoms with Crippen molar-refractivity contribution in [3.05, 3.63) is 71.8 Å². The Bertz CT molecular complexity index is 873. The summed E-state index contributed by atoms with van der Waals surface area (Å²) in [5.74, 6) is -0.371. The molecule has 8 nitrogen and oxygen atoms in total. The Labute approximate surface area is 194 Å². The number of amides is 3. The van der Waals surface area contributed by atoms with E-state index in [4.69, 9.17) is 9.47 Å². The van der Waals surface area contributed by atoms with E-state index in [1.807, 2.05) is 74.5 Å². The smallest absolute Gasteiger partial charge is 0.418 e. The molecule has 0 fully saturated rings. The molecule has 178 valence electrons. The van der Waals surface area contributed by atoms with Gasteiger partial charge in [0.2, 0.25) is 0 Å². The molecule has 1 unspecified atom stereocenters. The summed E-state index contributed by atoms with van der Waals surface area (Å²) in [7, 11) is 0. The van der Waals surface area contributed by atoms with Gasteiger partial charge in [-0.1, -0.05) is 74.5 Å². The second-order valence-electron chi connectivity index (χ2n) is 8.00. The second-order valence-corrected chi connectivity index (χ2v) is 8.00. The van der Waals surface area contributed by atoms with Crippen LogP contribution in [0.25, 0.3) is 0 Å². The third-order valence-corrected chi connectivity index (χ3v) is 4.84. The number of ether oxygens (including phenoxy) is 2. The molecule has 0 spiro atoms. The number of urea groups is 1. The van der Waals surface area contributed by atoms with Crippen molar-refractivity contribution in [1.29, 1.82) is 0 Å². The van der Waals surface area contributed by atoms with Gasteiger partial charge < -0.3 is 19.9 Å². The Balaban J connectivity index is 2.00. The first-order valence-corrected chi connectivity index (χ1v) is 10.9. The van der Waals surface area contributed by atoms with E-state index in [9.17, 15) is 19.5 Å². The number of carbonyl (C=O) groups excluding carboxylic acids is 3. The number of nitrogens with zero attached hydrogens (tertiary/aromatic N) is 1. The Hall–Kier alpha value is -3.23. The molecule has 0 bridgehead atoms. The summed E-state index contributed by atoms with van der Waals surface area (Å²) in [6, 6.07) is 16.6. The lowest BCUT2D eigenvalue weighted by atomic mass is 10.1. The predicted molar refractivity (Wildman–Crippen MR) is 123 cm³/mol. The highest BCUT2D eigenvalue weighted by Gasteiger charge is 2.28. The zero-order valence-electron chi connectivity index (χ0n) is 19.1. The van der Waals surface area contributed by atoms with Gasteiger partial charge in [-0.2, -0.15) is 0 Å². The molecule has 0 radical (unpaired) electrons. The molecule has 0 aliphatic carbocycles. The highest BCUT2D eigenvalue weighted by atomic mass is 16.6. The number of Topliss-reactive ketones (excluding diaryl/α,β-unsaturated/α-hetero) is 1. The summed E-state index contributed by atoms with van der Waals surface area (Å²) < 4.78 is 10.9. The van der Waals surface area contributed by atoms with E-state index in [0.717, 1.165) is 16.0 Å². The van der Waals surface area contributed by atoms with Crippen molar-refractivity contribution in [2.24, 2.45) is 5.92 Å². The molecule has 1 atom stereocenters. The normalized spacial score (nSPS) is 11.6. The number of nitrogens with one attached hydrogen (secondary N) is 1. The summed E-state index contributed by atoms with van der Waals surface area (Å²) in [4.78, 5) is 38.7. The molecule has 0 aromatic heterocycles. The van der Waals surface area contributed by atoms with Crippen molar-refractivity contribution in [3.63, 3.8) is 0 Å². The van der Waals surface area contributed by atoms with Crippen LogP contribution >= 0.6 is 0 Å². The van der Waals surface area contributed by atoms with E-state index in [2.05, 4.69) is 5.32 Å². The predicted octanol–water partition coefficient (Wildman–Crippen LogP) is 3.53. The van der Waals surface area contributed by atoms with Crippen LogP contribution < -0.4 is 5.32 Å². The van der Waals surface area contributed by atoms with Crippen LogP contribution in [0.15, 0.2) is 60.7 Å². The van der Waals surface area contributed by atoms with Crippen molar-refractivity contribution in [2.75, 3.05) is 19.8 Å². The van der Waals surface area contributed by atoms with Crippen molar-refractivity contribution in [3.8, 4) is 0 Å². The van der Waals surface area contributed by atoms with Crippen LogP contribution in [-0.2, 0) is 27.5 Å². The van der Waals surface area contributed by atoms with E-state index in [-0.39, 0.29) is 32.3 Å². The first-order chi connectivity index (χ1) is 15.9. The SMILES string of the molecule is CC(C)CCN(C(=O)NC(COCc1ccccc1)C(=O)CO)C(=O)OCc1ccccc1. The maximum absolute atomic E-state index is 12.9. The molecule has 33 heavy (non-hydrogen) atoms. The van der Waals surface area contributed by atoms with Crippen LogP contribution in [0.4, 0.5) is 9.59 Å². The van der Waals surface area contributed by atoms with Gasteiger partial charge in [-0.3, -0.25) is 4.79 Å². The molecule has 0 saturated carbocycles. The number of ketones is 1. The van der Waals surface area contributed by atoms with Gasteiger partial charge in [-0.25, -0.2) is 14.5 Å². The maximum atomic E-state index is 12.9. The first-order valence-electron chi connectivity index (χ1n) is 10.9. The standard InChI is InChI=1S/C25H32N2O6/c1-19(2)13-14-27(25(31)33-17-21-11-7-4-8-12-21)24(30)26-22(23(29)15-28)18-32-16-20-9-5-3-6-10-20/h3-12,19,22,28H,13-18H2,1-2H3,(H,26,30). The van der Waals surface area contributed by atoms with Crippen molar-refractivity contribution in [1.82, 2.24) is 10.2 Å². The Morgan fingerprint density at radius 2 is 1.52 bits per heavy atom. The highest BCUT2D eigenvalue weighted by Crippen LogP contribution is 2.08. The summed E-state index contributed by atoms with van der Waals surface area (Å²) in [6.45, 7) is 3.43. The van der Waals surface area contributed by atoms with Crippen LogP contribution in [0.1, 0.15) is 31.4 Å². The van der Waals surface area contributed by atoms with Crippen molar-refractivity contribution in [2.45, 2.75) is 39.5 Å². The molecular weight excluding hydrogens is 424 g/mol. The molecule has 2 N–H and O–H groups in total. The Morgan fingerprint density at radius 1 is 0.939 bits per heavy atom. The van der Waals surface area contributed by atoms with E-state index < -0.39 is 30.6 Å². The average Bonchev–Trinajstić information content (AvgIpc) is 2.82. The number of aliphatic hydroxyl groups excluding tert-OH is 1. The van der Waals surface area contributed by atoms with E-state index in [1.165, 1.54) is 0 Å². The van der Waals surface area contributed by atoms with Crippen LogP contribution in [0.3, 0.4) is 0 Å². The minimum atomic E-state index is -1.10. The number of rotatable bonds is 12. The Kier molecular flexibility index (Phi) is 11.1. The molecule has 2 aromatic rings. The lowest BCUT2D eigenvalue weighted by Crippen LogP contribution is -2.52. The third kappa shape index (κ3) is 9.43. The quantitative estimate of drug-likeness (QED) is 0.506. The molecule has 0 aliphatic heterocycles. The van der Waals surface area contributed by atoms with Crippen molar-refractivity contribution >= 4 is 17.9 Å². The number of benzene rings is 2. The van der Waals surface area contributed by atoms with Gasteiger partial charge in [-0.15, -0.1) is 0 Å². The maximum Gasteiger partial charge on any atom is 0.418 e. The topological polar surface area (TPSA) is 105 Å². The highest BCUT2D eigenvalue weighted by molar-refractivity contribution is 5.95. The lowest BCUT2D eigenvalue weighted by Gasteiger charge is -2.24. The van der Waals surface area contributed by atoms with Gasteiger partial charge in [0.25, 0.3) is 0 Å². The monoisotopic (exact) mass is 456 g/mol. The zero-order chi connectivity index (χ0) is 24.1. The zero-order valence-corrected chi connectivity index (χ0v) is 19.1. The van der Waals surface area contributed by atoms with Crippen molar-refractivity contribution < 1.29 is 29.0 Å². The van der Waals surface area contributed by atoms with Gasteiger partial charge in [0.1, 0.15) is 19.3 Å². The van der Waals surface area contributed by atoms with Gasteiger partial charge >= 0.3 is 12.1 Å². The fraction of sp³-hybridized carbons (Fsp3) is 0.400. The minimum Gasteiger partial charge on any atom is -0.444 e. The van der Waals surface area contributed by atoms with Crippen LogP contribution in [0, 0.1) is 5.92 Å². The third-order valence-electron chi connectivity index (χ3n) is 4.84. The average molecular weight is 457 g/mol. The fourth-order valence-electron chi connectivity index (χ4n) is 2.88. The second kappa shape index (κ2) is 14.0. The molecular formula is C25H32N2O6. The van der Waals surface area contributed by atoms with E-state index in [1.54, 1.807) is 0 Å². The minimum absolute atomic E-state index is 0.0182. The summed E-state index contributed by atoms with van der Waals surface area (Å²) >= 11 is 0. The lowest BCUT2D eigenvalue weighted by molar-refractivity contribution is -0.125. The Morgan fingerprint density at radius 3 is 2.06 bits per heavy atom. The molecule has 3 amide bonds. The number of hydrogen-bond acceptors (Lipinski definition) is 6. The number of imide groups is 1.